The minimum atomic E-state index is -1.21. The molecule has 5 rings (SSSR count). The average molecular weight is 584 g/mol. The number of piperidine rings is 1. The summed E-state index contributed by atoms with van der Waals surface area (Å²) in [7, 11) is 0. The maximum absolute atomic E-state index is 14.1. The number of nitrogens with two attached hydrogens (primary N) is 1. The fraction of sp³-hybridized carbons (Fsp3) is 0.633. The minimum absolute atomic E-state index is 0.0905. The van der Waals surface area contributed by atoms with E-state index in [1.165, 1.54) is 4.90 Å². The summed E-state index contributed by atoms with van der Waals surface area (Å²) in [5.74, 6) is -2.30. The average Bonchev–Trinajstić information content (AvgIpc) is 3.37. The quantitative estimate of drug-likeness (QED) is 0.351. The number of likely N-dealkylation sites (tertiary alicyclic amines) is 1. The number of amides is 5. The van der Waals surface area contributed by atoms with Crippen LogP contribution >= 0.6 is 0 Å². The molecule has 12 nitrogen and oxygen atoms in total. The first-order valence-corrected chi connectivity index (χ1v) is 14.5. The highest BCUT2D eigenvalue weighted by Gasteiger charge is 2.70. The molecule has 42 heavy (non-hydrogen) atoms. The fourth-order valence-electron chi connectivity index (χ4n) is 6.59. The van der Waals surface area contributed by atoms with E-state index >= 15 is 0 Å². The van der Waals surface area contributed by atoms with E-state index in [0.717, 1.165) is 0 Å². The lowest BCUT2D eigenvalue weighted by molar-refractivity contribution is -0.146. The number of benzene rings is 1. The molecule has 1 aliphatic carbocycles. The van der Waals surface area contributed by atoms with Gasteiger partial charge in [0, 0.05) is 19.6 Å². The van der Waals surface area contributed by atoms with Crippen LogP contribution in [0.2, 0.25) is 0 Å². The summed E-state index contributed by atoms with van der Waals surface area (Å²) in [4.78, 5) is 67.6. The largest absolute Gasteiger partial charge is 0.478 e. The first-order valence-electron chi connectivity index (χ1n) is 14.5. The number of fused-ring (bicyclic) bond motifs is 2. The van der Waals surface area contributed by atoms with Gasteiger partial charge in [-0.15, -0.1) is 0 Å². The first-order chi connectivity index (χ1) is 19.7. The summed E-state index contributed by atoms with van der Waals surface area (Å²) in [6.07, 6.45) is -0.639. The Morgan fingerprint density at radius 2 is 1.86 bits per heavy atom. The molecule has 0 radical (unpaired) electrons. The molecule has 0 unspecified atom stereocenters. The standard InChI is InChI=1S/C30H41N5O7/c1-29(2,3)23(34-25(37)15-10-11-41-14-15)28(40)35-13-16-21(30(16,4)5)22(35)27(39)33-18(24(31)36)12-20-26(38)32-17-8-6-7-9-19(17)42-20/h6-9,15-16,18,20-23H,10-14H2,1-5H3,(H2,31,36)(H,32,38)(H,33,39)(H,34,37)/t15-,16-,18-,20-,21-,22-,23+/m0/s1. The number of hydrogen-bond acceptors (Lipinski definition) is 7. The van der Waals surface area contributed by atoms with Crippen LogP contribution in [0.15, 0.2) is 24.3 Å². The van der Waals surface area contributed by atoms with Crippen molar-refractivity contribution in [3.63, 3.8) is 0 Å². The SMILES string of the molecule is CC(C)(C)[C@H](NC(=O)[C@H]1CCOC1)C(=O)N1C[C@H]2[C@@H]([C@H]1C(=O)N[C@@H](C[C@@H]1Oc3ccccc3NC1=O)C(N)=O)C2(C)C. The third-order valence-corrected chi connectivity index (χ3v) is 9.28. The second-order valence-corrected chi connectivity index (χ2v) is 13.5. The number of nitrogens with zero attached hydrogens (tertiary/aromatic N) is 1. The molecule has 2 saturated heterocycles. The number of carbonyl (C=O) groups is 5. The molecular formula is C30H41N5O7. The van der Waals surface area contributed by atoms with Crippen LogP contribution in [0, 0.1) is 28.6 Å². The topological polar surface area (TPSA) is 169 Å². The number of carbonyl (C=O) groups excluding carboxylic acids is 5. The number of para-hydroxylation sites is 2. The maximum atomic E-state index is 14.1. The number of anilines is 1. The molecule has 1 aromatic carbocycles. The summed E-state index contributed by atoms with van der Waals surface area (Å²) in [6.45, 7) is 10.9. The highest BCUT2D eigenvalue weighted by Crippen LogP contribution is 2.65. The third kappa shape index (κ3) is 5.56. The van der Waals surface area contributed by atoms with E-state index in [9.17, 15) is 24.0 Å². The predicted octanol–water partition coefficient (Wildman–Crippen LogP) is 0.797. The number of hydrogen-bond donors (Lipinski definition) is 4. The summed E-state index contributed by atoms with van der Waals surface area (Å²) in [5, 5.41) is 8.40. The molecule has 1 saturated carbocycles. The smallest absolute Gasteiger partial charge is 0.265 e. The molecule has 12 heteroatoms. The minimum Gasteiger partial charge on any atom is -0.478 e. The molecule has 1 aromatic rings. The van der Waals surface area contributed by atoms with E-state index in [1.54, 1.807) is 24.3 Å². The first kappa shape index (κ1) is 29.8. The van der Waals surface area contributed by atoms with Crippen molar-refractivity contribution in [2.45, 2.75) is 71.7 Å². The molecule has 0 aromatic heterocycles. The van der Waals surface area contributed by atoms with Gasteiger partial charge in [-0.3, -0.25) is 24.0 Å². The van der Waals surface area contributed by atoms with Crippen LogP contribution in [-0.2, 0) is 28.7 Å². The zero-order chi connectivity index (χ0) is 30.6. The van der Waals surface area contributed by atoms with Gasteiger partial charge in [0.15, 0.2) is 6.10 Å². The van der Waals surface area contributed by atoms with Gasteiger partial charge in [-0.2, -0.15) is 0 Å². The van der Waals surface area contributed by atoms with Crippen LogP contribution in [0.3, 0.4) is 0 Å². The summed E-state index contributed by atoms with van der Waals surface area (Å²) in [5.41, 5.74) is 5.38. The molecule has 0 bridgehead atoms. The monoisotopic (exact) mass is 583 g/mol. The molecule has 228 valence electrons. The molecule has 5 amide bonds. The number of primary amides is 1. The van der Waals surface area contributed by atoms with Gasteiger partial charge < -0.3 is 36.1 Å². The van der Waals surface area contributed by atoms with Gasteiger partial charge in [0.2, 0.25) is 23.6 Å². The lowest BCUT2D eigenvalue weighted by atomic mass is 9.84. The maximum Gasteiger partial charge on any atom is 0.265 e. The van der Waals surface area contributed by atoms with E-state index in [4.69, 9.17) is 15.2 Å². The Morgan fingerprint density at radius 1 is 1.14 bits per heavy atom. The number of rotatable bonds is 8. The molecule has 3 aliphatic heterocycles. The van der Waals surface area contributed by atoms with Crippen LogP contribution in [0.5, 0.6) is 5.75 Å². The zero-order valence-corrected chi connectivity index (χ0v) is 24.8. The Morgan fingerprint density at radius 3 is 2.50 bits per heavy atom. The molecule has 0 spiro atoms. The number of ether oxygens (including phenoxy) is 2. The van der Waals surface area contributed by atoms with Gasteiger partial charge >= 0.3 is 0 Å². The fourth-order valence-corrected chi connectivity index (χ4v) is 6.59. The van der Waals surface area contributed by atoms with Crippen molar-refractivity contribution in [1.29, 1.82) is 0 Å². The molecule has 4 aliphatic rings. The van der Waals surface area contributed by atoms with Crippen LogP contribution < -0.4 is 26.4 Å². The molecule has 3 fully saturated rings. The number of nitrogens with one attached hydrogen (secondary N) is 3. The Labute approximate surface area is 245 Å². The molecular weight excluding hydrogens is 542 g/mol. The van der Waals surface area contributed by atoms with Crippen molar-refractivity contribution in [3.05, 3.63) is 24.3 Å². The summed E-state index contributed by atoms with van der Waals surface area (Å²) in [6, 6.07) is 3.97. The Hall–Kier alpha value is -3.67. The van der Waals surface area contributed by atoms with E-state index < -0.39 is 47.4 Å². The van der Waals surface area contributed by atoms with Gasteiger partial charge in [-0.25, -0.2) is 0 Å². The van der Waals surface area contributed by atoms with Crippen LogP contribution in [0.25, 0.3) is 0 Å². The Balaban J connectivity index is 1.33. The highest BCUT2D eigenvalue weighted by atomic mass is 16.5. The van der Waals surface area contributed by atoms with E-state index in [1.807, 2.05) is 20.8 Å². The molecule has 5 N–H and O–H groups in total. The molecule has 3 heterocycles. The van der Waals surface area contributed by atoms with Crippen LogP contribution in [0.4, 0.5) is 5.69 Å². The van der Waals surface area contributed by atoms with Crippen molar-refractivity contribution in [2.24, 2.45) is 34.3 Å². The van der Waals surface area contributed by atoms with E-state index in [2.05, 4.69) is 29.8 Å². The predicted molar refractivity (Wildman–Crippen MR) is 152 cm³/mol. The third-order valence-electron chi connectivity index (χ3n) is 9.28. The lowest BCUT2D eigenvalue weighted by Crippen LogP contribution is -2.61. The lowest BCUT2D eigenvalue weighted by Gasteiger charge is -2.38. The van der Waals surface area contributed by atoms with Crippen molar-refractivity contribution in [2.75, 3.05) is 25.1 Å². The van der Waals surface area contributed by atoms with Gasteiger partial charge in [-0.1, -0.05) is 46.8 Å². The summed E-state index contributed by atoms with van der Waals surface area (Å²) >= 11 is 0. The van der Waals surface area contributed by atoms with Gasteiger partial charge in [0.25, 0.3) is 5.91 Å². The van der Waals surface area contributed by atoms with Crippen molar-refractivity contribution >= 4 is 35.2 Å². The van der Waals surface area contributed by atoms with Gasteiger partial charge in [0.05, 0.1) is 18.2 Å². The van der Waals surface area contributed by atoms with Gasteiger partial charge in [-0.05, 0) is 41.2 Å². The Kier molecular flexibility index (Phi) is 7.71. The van der Waals surface area contributed by atoms with Crippen molar-refractivity contribution in [1.82, 2.24) is 15.5 Å². The van der Waals surface area contributed by atoms with E-state index in [-0.39, 0.29) is 41.4 Å². The highest BCUT2D eigenvalue weighted by molar-refractivity contribution is 5.99. The van der Waals surface area contributed by atoms with Crippen molar-refractivity contribution in [3.8, 4) is 5.75 Å². The van der Waals surface area contributed by atoms with Gasteiger partial charge in [0.1, 0.15) is 23.9 Å². The Bertz CT molecular complexity index is 1280. The van der Waals surface area contributed by atoms with Crippen LogP contribution in [-0.4, -0.2) is 78.4 Å². The van der Waals surface area contributed by atoms with Crippen LogP contribution in [0.1, 0.15) is 47.5 Å². The summed E-state index contributed by atoms with van der Waals surface area (Å²) < 4.78 is 11.2. The molecule has 7 atom stereocenters. The zero-order valence-electron chi connectivity index (χ0n) is 24.8. The van der Waals surface area contributed by atoms with E-state index in [0.29, 0.717) is 37.6 Å². The second kappa shape index (κ2) is 10.9. The van der Waals surface area contributed by atoms with Crippen molar-refractivity contribution < 1.29 is 33.4 Å². The normalized spacial score (nSPS) is 28.8. The second-order valence-electron chi connectivity index (χ2n) is 13.5.